The van der Waals surface area contributed by atoms with Gasteiger partial charge in [-0.2, -0.15) is 0 Å². The van der Waals surface area contributed by atoms with E-state index >= 15 is 0 Å². The number of hydrogen-bond donors (Lipinski definition) is 2. The van der Waals surface area contributed by atoms with Gasteiger partial charge in [0.2, 0.25) is 0 Å². The molecule has 0 aliphatic rings. The van der Waals surface area contributed by atoms with Gasteiger partial charge >= 0.3 is 7.82 Å². The Morgan fingerprint density at radius 1 is 1.31 bits per heavy atom. The van der Waals surface area contributed by atoms with Crippen LogP contribution in [-0.2, 0) is 9.09 Å². The van der Waals surface area contributed by atoms with E-state index in [0.717, 1.165) is 0 Å². The van der Waals surface area contributed by atoms with Gasteiger partial charge in [-0.05, 0) is 0 Å². The first-order chi connectivity index (χ1) is 5.99. The zero-order valence-corrected chi connectivity index (χ0v) is 7.91. The van der Waals surface area contributed by atoms with Gasteiger partial charge in [-0.3, -0.25) is 4.52 Å². The summed E-state index contributed by atoms with van der Waals surface area (Å²) in [6.45, 7) is -0.112. The second-order valence-corrected chi connectivity index (χ2v) is 3.71. The van der Waals surface area contributed by atoms with E-state index < -0.39 is 7.82 Å². The Balaban J connectivity index is 3.92. The molecule has 0 saturated heterocycles. The smallest absolute Gasteiger partial charge is 0.303 e. The molecule has 0 rings (SSSR count). The number of hydrogen-bond acceptors (Lipinski definition) is 2. The van der Waals surface area contributed by atoms with Gasteiger partial charge in [-0.1, -0.05) is 0 Å². The van der Waals surface area contributed by atoms with Crippen LogP contribution in [0.15, 0.2) is 0 Å². The third kappa shape index (κ3) is 7.59. The highest BCUT2D eigenvalue weighted by molar-refractivity contribution is 7.46. The maximum atomic E-state index is 10.3. The zero-order valence-electron chi connectivity index (χ0n) is 7.01. The third-order valence-corrected chi connectivity index (χ3v) is 1.78. The largest absolute Gasteiger partial charge is 0.469 e. The second-order valence-electron chi connectivity index (χ2n) is 2.47. The predicted molar refractivity (Wildman–Crippen MR) is 48.4 cm³/mol. The van der Waals surface area contributed by atoms with Crippen molar-refractivity contribution in [1.82, 2.24) is 0 Å². The third-order valence-electron chi connectivity index (χ3n) is 1.29. The minimum absolute atomic E-state index is 0.112. The average molecular weight is 202 g/mol. The molecule has 0 unspecified atom stereocenters. The van der Waals surface area contributed by atoms with E-state index in [-0.39, 0.29) is 12.5 Å². The van der Waals surface area contributed by atoms with Gasteiger partial charge in [0.1, 0.15) is 0 Å². The van der Waals surface area contributed by atoms with Crippen LogP contribution in [0.3, 0.4) is 0 Å². The normalized spacial score (nSPS) is 10.8. The van der Waals surface area contributed by atoms with Crippen molar-refractivity contribution < 1.29 is 18.9 Å². The molecule has 0 bridgehead atoms. The number of rotatable bonds is 5. The molecule has 2 N–H and O–H groups in total. The molecule has 0 fully saturated rings. The highest BCUT2D eigenvalue weighted by atomic mass is 31.2. The summed E-state index contributed by atoms with van der Waals surface area (Å²) in [6, 6.07) is 0. The quantitative estimate of drug-likeness (QED) is 0.510. The molecular weight excluding hydrogens is 191 g/mol. The van der Waals surface area contributed by atoms with Crippen LogP contribution in [0.1, 0.15) is 12.8 Å². The molecule has 0 spiro atoms. The summed E-state index contributed by atoms with van der Waals surface area (Å²) in [7, 11) is -4.40. The van der Waals surface area contributed by atoms with Crippen molar-refractivity contribution >= 4 is 7.82 Å². The van der Waals surface area contributed by atoms with Crippen LogP contribution in [0, 0.1) is 30.6 Å². The number of phosphoric ester groups is 1. The van der Waals surface area contributed by atoms with E-state index in [1.165, 1.54) is 0 Å². The molecule has 0 atom stereocenters. The minimum atomic E-state index is -4.40. The highest BCUT2D eigenvalue weighted by Gasteiger charge is 2.17. The Morgan fingerprint density at radius 3 is 2.08 bits per heavy atom. The summed E-state index contributed by atoms with van der Waals surface area (Å²) < 4.78 is 14.6. The first-order valence-corrected chi connectivity index (χ1v) is 5.09. The lowest BCUT2D eigenvalue weighted by Gasteiger charge is -2.11. The summed E-state index contributed by atoms with van der Waals surface area (Å²) in [6.07, 6.45) is 10.8. The maximum absolute atomic E-state index is 10.3. The van der Waals surface area contributed by atoms with Gasteiger partial charge < -0.3 is 9.79 Å². The van der Waals surface area contributed by atoms with Crippen molar-refractivity contribution in [2.45, 2.75) is 12.8 Å². The van der Waals surface area contributed by atoms with Gasteiger partial charge in [-0.15, -0.1) is 24.7 Å². The van der Waals surface area contributed by atoms with Crippen LogP contribution < -0.4 is 0 Å². The molecule has 13 heavy (non-hydrogen) atoms. The molecule has 0 saturated carbocycles. The van der Waals surface area contributed by atoms with Gasteiger partial charge in [0.25, 0.3) is 0 Å². The Bertz CT molecular complexity index is 251. The summed E-state index contributed by atoms with van der Waals surface area (Å²) in [4.78, 5) is 16.8. The van der Waals surface area contributed by atoms with Crippen molar-refractivity contribution in [1.29, 1.82) is 0 Å². The SMILES string of the molecule is C#CCC(CC#C)COP(=O)(O)O. The van der Waals surface area contributed by atoms with E-state index in [1.807, 2.05) is 0 Å². The molecule has 0 amide bonds. The van der Waals surface area contributed by atoms with E-state index in [0.29, 0.717) is 12.8 Å². The highest BCUT2D eigenvalue weighted by Crippen LogP contribution is 2.36. The van der Waals surface area contributed by atoms with Crippen molar-refractivity contribution in [3.05, 3.63) is 0 Å². The molecule has 0 aliphatic heterocycles. The molecule has 0 aromatic carbocycles. The fourth-order valence-electron chi connectivity index (χ4n) is 0.726. The molecule has 0 aromatic rings. The monoisotopic (exact) mass is 202 g/mol. The minimum Gasteiger partial charge on any atom is -0.303 e. The number of phosphoric acid groups is 1. The van der Waals surface area contributed by atoms with E-state index in [1.54, 1.807) is 0 Å². The average Bonchev–Trinajstić information content (AvgIpc) is 2.00. The summed E-state index contributed by atoms with van der Waals surface area (Å²) >= 11 is 0. The lowest BCUT2D eigenvalue weighted by Crippen LogP contribution is -2.07. The molecular formula is C8H11O4P. The Kier molecular flexibility index (Phi) is 5.46. The molecule has 0 heterocycles. The first-order valence-electron chi connectivity index (χ1n) is 3.56. The van der Waals surface area contributed by atoms with Crippen molar-refractivity contribution in [3.63, 3.8) is 0 Å². The van der Waals surface area contributed by atoms with E-state index in [4.69, 9.17) is 22.6 Å². The fraction of sp³-hybridized carbons (Fsp3) is 0.500. The topological polar surface area (TPSA) is 66.8 Å². The van der Waals surface area contributed by atoms with E-state index in [9.17, 15) is 4.57 Å². The summed E-state index contributed by atoms with van der Waals surface area (Å²) in [5.74, 6) is 4.53. The van der Waals surface area contributed by atoms with Gasteiger partial charge in [0.05, 0.1) is 6.61 Å². The summed E-state index contributed by atoms with van der Waals surface area (Å²) in [5, 5.41) is 0. The van der Waals surface area contributed by atoms with Crippen LogP contribution in [0.5, 0.6) is 0 Å². The first kappa shape index (κ1) is 12.2. The van der Waals surface area contributed by atoms with Crippen molar-refractivity contribution in [2.75, 3.05) is 6.61 Å². The number of terminal acetylenes is 2. The molecule has 0 radical (unpaired) electrons. The Labute approximate surface area is 77.5 Å². The second kappa shape index (κ2) is 5.80. The van der Waals surface area contributed by atoms with Crippen LogP contribution in [0.25, 0.3) is 0 Å². The molecule has 72 valence electrons. The van der Waals surface area contributed by atoms with Crippen LogP contribution in [0.2, 0.25) is 0 Å². The Morgan fingerprint density at radius 2 is 1.77 bits per heavy atom. The molecule has 5 heteroatoms. The lowest BCUT2D eigenvalue weighted by molar-refractivity contribution is 0.170. The standard InChI is InChI=1S/C8H11O4P/c1-3-5-8(6-4-2)7-12-13(9,10)11/h1-2,8H,5-7H2,(H2,9,10,11). The molecule has 0 aliphatic carbocycles. The van der Waals surface area contributed by atoms with Crippen LogP contribution in [-0.4, -0.2) is 16.4 Å². The maximum Gasteiger partial charge on any atom is 0.469 e. The van der Waals surface area contributed by atoms with Crippen LogP contribution in [0.4, 0.5) is 0 Å². The molecule has 0 aromatic heterocycles. The van der Waals surface area contributed by atoms with E-state index in [2.05, 4.69) is 16.4 Å². The predicted octanol–water partition coefficient (Wildman–Crippen LogP) is 0.758. The lowest BCUT2D eigenvalue weighted by atomic mass is 10.0. The Hall–Kier alpha value is -0.770. The fourth-order valence-corrected chi connectivity index (χ4v) is 1.13. The van der Waals surface area contributed by atoms with Crippen LogP contribution >= 0.6 is 7.82 Å². The van der Waals surface area contributed by atoms with Crippen molar-refractivity contribution in [3.8, 4) is 24.7 Å². The summed E-state index contributed by atoms with van der Waals surface area (Å²) in [5.41, 5.74) is 0. The zero-order chi connectivity index (χ0) is 10.3. The van der Waals surface area contributed by atoms with Gasteiger partial charge in [0, 0.05) is 18.8 Å². The molecule has 4 nitrogen and oxygen atoms in total. The van der Waals surface area contributed by atoms with Crippen molar-refractivity contribution in [2.24, 2.45) is 5.92 Å². The van der Waals surface area contributed by atoms with Gasteiger partial charge in [0.15, 0.2) is 0 Å². The van der Waals surface area contributed by atoms with Gasteiger partial charge in [-0.25, -0.2) is 4.57 Å².